The van der Waals surface area contributed by atoms with Gasteiger partial charge >= 0.3 is 0 Å². The Morgan fingerprint density at radius 3 is 2.31 bits per heavy atom. The van der Waals surface area contributed by atoms with Gasteiger partial charge in [0.05, 0.1) is 16.3 Å². The summed E-state index contributed by atoms with van der Waals surface area (Å²) in [7, 11) is -3.91. The van der Waals surface area contributed by atoms with Crippen molar-refractivity contribution >= 4 is 15.9 Å². The van der Waals surface area contributed by atoms with E-state index in [-0.39, 0.29) is 22.9 Å². The lowest BCUT2D eigenvalue weighted by molar-refractivity contribution is 0.0950. The van der Waals surface area contributed by atoms with E-state index in [4.69, 9.17) is 10.2 Å². The molecule has 0 aliphatic heterocycles. The number of primary sulfonamides is 1. The quantitative estimate of drug-likeness (QED) is 0.473. The van der Waals surface area contributed by atoms with Crippen LogP contribution in [-0.4, -0.2) is 24.1 Å². The van der Waals surface area contributed by atoms with Crippen LogP contribution in [0, 0.1) is 6.92 Å². The fourth-order valence-electron chi connectivity index (χ4n) is 3.38. The summed E-state index contributed by atoms with van der Waals surface area (Å²) in [6.45, 7) is 1.96. The molecule has 0 spiro atoms. The van der Waals surface area contributed by atoms with Crippen LogP contribution in [0.2, 0.25) is 0 Å². The van der Waals surface area contributed by atoms with E-state index in [0.717, 1.165) is 22.5 Å². The molecule has 4 rings (SSSR count). The number of nitrogens with two attached hydrogens (primary N) is 1. The molecule has 1 aromatic heterocycles. The van der Waals surface area contributed by atoms with Gasteiger partial charge in [0.15, 0.2) is 0 Å². The molecule has 3 aromatic carbocycles. The SMILES string of the molecule is Cc1ccc(S(N)(=O)=O)cc1C(=O)NCc1cn(-c2ccccc2)nc1-c1ccccc1. The molecule has 0 radical (unpaired) electrons. The maximum absolute atomic E-state index is 12.9. The number of hydrogen-bond acceptors (Lipinski definition) is 4. The maximum Gasteiger partial charge on any atom is 0.251 e. The topological polar surface area (TPSA) is 107 Å². The van der Waals surface area contributed by atoms with Crippen LogP contribution in [0.1, 0.15) is 21.5 Å². The standard InChI is InChI=1S/C24H22N4O3S/c1-17-12-13-21(32(25,30)31)14-22(17)24(29)26-15-19-16-28(20-10-6-3-7-11-20)27-23(19)18-8-4-2-5-9-18/h2-14,16H,15H2,1H3,(H,26,29)(H2,25,30,31). The summed E-state index contributed by atoms with van der Waals surface area (Å²) in [5, 5.41) is 12.8. The van der Waals surface area contributed by atoms with Crippen molar-refractivity contribution in [3.63, 3.8) is 0 Å². The van der Waals surface area contributed by atoms with Crippen molar-refractivity contribution in [3.8, 4) is 16.9 Å². The van der Waals surface area contributed by atoms with Crippen LogP contribution in [0.15, 0.2) is 90.0 Å². The molecule has 0 unspecified atom stereocenters. The maximum atomic E-state index is 12.9. The number of nitrogens with one attached hydrogen (secondary N) is 1. The van der Waals surface area contributed by atoms with Crippen LogP contribution in [0.5, 0.6) is 0 Å². The fourth-order valence-corrected chi connectivity index (χ4v) is 3.92. The van der Waals surface area contributed by atoms with E-state index >= 15 is 0 Å². The lowest BCUT2D eigenvalue weighted by Crippen LogP contribution is -2.24. The van der Waals surface area contributed by atoms with E-state index in [2.05, 4.69) is 5.32 Å². The van der Waals surface area contributed by atoms with Crippen LogP contribution in [0.4, 0.5) is 0 Å². The van der Waals surface area contributed by atoms with Crippen molar-refractivity contribution < 1.29 is 13.2 Å². The number of carbonyl (C=O) groups is 1. The highest BCUT2D eigenvalue weighted by molar-refractivity contribution is 7.89. The molecule has 7 nitrogen and oxygen atoms in total. The first-order valence-electron chi connectivity index (χ1n) is 9.94. The van der Waals surface area contributed by atoms with Crippen LogP contribution >= 0.6 is 0 Å². The van der Waals surface area contributed by atoms with Crippen molar-refractivity contribution in [1.82, 2.24) is 15.1 Å². The summed E-state index contributed by atoms with van der Waals surface area (Å²) < 4.78 is 25.1. The van der Waals surface area contributed by atoms with Crippen LogP contribution < -0.4 is 10.5 Å². The average Bonchev–Trinajstić information content (AvgIpc) is 3.22. The van der Waals surface area contributed by atoms with Gasteiger partial charge in [-0.3, -0.25) is 4.79 Å². The van der Waals surface area contributed by atoms with E-state index in [1.807, 2.05) is 66.9 Å². The van der Waals surface area contributed by atoms with E-state index in [1.54, 1.807) is 17.7 Å². The lowest BCUT2D eigenvalue weighted by atomic mass is 10.1. The summed E-state index contributed by atoms with van der Waals surface area (Å²) in [5.74, 6) is -0.389. The molecule has 0 fully saturated rings. The van der Waals surface area contributed by atoms with Gasteiger partial charge in [-0.15, -0.1) is 0 Å². The van der Waals surface area contributed by atoms with Crippen molar-refractivity contribution in [2.24, 2.45) is 5.14 Å². The number of carbonyl (C=O) groups excluding carboxylic acids is 1. The van der Waals surface area contributed by atoms with Crippen molar-refractivity contribution in [1.29, 1.82) is 0 Å². The van der Waals surface area contributed by atoms with Gasteiger partial charge in [0, 0.05) is 29.4 Å². The highest BCUT2D eigenvalue weighted by Crippen LogP contribution is 2.24. The zero-order chi connectivity index (χ0) is 22.7. The third-order valence-corrected chi connectivity index (χ3v) is 5.99. The Bertz CT molecular complexity index is 1370. The van der Waals surface area contributed by atoms with Crippen molar-refractivity contribution in [2.45, 2.75) is 18.4 Å². The van der Waals surface area contributed by atoms with Crippen molar-refractivity contribution in [3.05, 3.63) is 102 Å². The Labute approximate surface area is 186 Å². The minimum atomic E-state index is -3.91. The third-order valence-electron chi connectivity index (χ3n) is 5.08. The predicted molar refractivity (Wildman–Crippen MR) is 123 cm³/mol. The van der Waals surface area contributed by atoms with Gasteiger partial charge in [-0.25, -0.2) is 18.2 Å². The monoisotopic (exact) mass is 446 g/mol. The summed E-state index contributed by atoms with van der Waals surface area (Å²) in [6, 6.07) is 23.7. The summed E-state index contributed by atoms with van der Waals surface area (Å²) in [4.78, 5) is 12.8. The predicted octanol–water partition coefficient (Wildman–Crippen LogP) is 3.43. The number of aryl methyl sites for hydroxylation is 1. The zero-order valence-corrected chi connectivity index (χ0v) is 18.2. The third kappa shape index (κ3) is 4.61. The number of nitrogens with zero attached hydrogens (tertiary/aromatic N) is 2. The first kappa shape index (κ1) is 21.5. The number of para-hydroxylation sites is 1. The molecule has 0 saturated carbocycles. The van der Waals surface area contributed by atoms with E-state index in [9.17, 15) is 13.2 Å². The Kier molecular flexibility index (Phi) is 5.89. The summed E-state index contributed by atoms with van der Waals surface area (Å²) >= 11 is 0. The molecule has 0 bridgehead atoms. The average molecular weight is 447 g/mol. The number of sulfonamides is 1. The van der Waals surface area contributed by atoms with E-state index < -0.39 is 10.0 Å². The van der Waals surface area contributed by atoms with Crippen molar-refractivity contribution in [2.75, 3.05) is 0 Å². The van der Waals surface area contributed by atoms with Gasteiger partial charge in [0.2, 0.25) is 10.0 Å². The molecule has 162 valence electrons. The minimum absolute atomic E-state index is 0.102. The molecule has 0 saturated heterocycles. The highest BCUT2D eigenvalue weighted by Gasteiger charge is 2.17. The van der Waals surface area contributed by atoms with E-state index in [1.165, 1.54) is 12.1 Å². The molecule has 4 aromatic rings. The number of hydrogen-bond donors (Lipinski definition) is 2. The Balaban J connectivity index is 1.65. The number of amides is 1. The first-order valence-corrected chi connectivity index (χ1v) is 11.5. The molecular formula is C24H22N4O3S. The normalized spacial score (nSPS) is 11.3. The molecule has 32 heavy (non-hydrogen) atoms. The van der Waals surface area contributed by atoms with Crippen LogP contribution in [-0.2, 0) is 16.6 Å². The van der Waals surface area contributed by atoms with Crippen LogP contribution in [0.25, 0.3) is 16.9 Å². The van der Waals surface area contributed by atoms with Gasteiger partial charge in [0.25, 0.3) is 5.91 Å². The first-order chi connectivity index (χ1) is 15.3. The smallest absolute Gasteiger partial charge is 0.251 e. The molecule has 0 atom stereocenters. The summed E-state index contributed by atoms with van der Waals surface area (Å²) in [5.41, 5.74) is 4.32. The Hall–Kier alpha value is -3.75. The summed E-state index contributed by atoms with van der Waals surface area (Å²) in [6.07, 6.45) is 1.88. The van der Waals surface area contributed by atoms with Gasteiger partial charge in [-0.2, -0.15) is 5.10 Å². The van der Waals surface area contributed by atoms with Crippen LogP contribution in [0.3, 0.4) is 0 Å². The number of benzene rings is 3. The Morgan fingerprint density at radius 1 is 1.00 bits per heavy atom. The molecule has 0 aliphatic rings. The van der Waals surface area contributed by atoms with Gasteiger partial charge in [-0.1, -0.05) is 54.6 Å². The molecule has 1 heterocycles. The van der Waals surface area contributed by atoms with E-state index in [0.29, 0.717) is 5.56 Å². The lowest BCUT2D eigenvalue weighted by Gasteiger charge is -2.09. The van der Waals surface area contributed by atoms with Gasteiger partial charge < -0.3 is 5.32 Å². The fraction of sp³-hybridized carbons (Fsp3) is 0.0833. The number of aromatic nitrogens is 2. The molecule has 1 amide bonds. The zero-order valence-electron chi connectivity index (χ0n) is 17.4. The molecule has 0 aliphatic carbocycles. The molecule has 3 N–H and O–H groups in total. The largest absolute Gasteiger partial charge is 0.348 e. The molecule has 8 heteroatoms. The molecular weight excluding hydrogens is 424 g/mol. The van der Waals surface area contributed by atoms with Gasteiger partial charge in [-0.05, 0) is 36.8 Å². The highest BCUT2D eigenvalue weighted by atomic mass is 32.2. The second-order valence-electron chi connectivity index (χ2n) is 7.35. The second kappa shape index (κ2) is 8.78. The second-order valence-corrected chi connectivity index (χ2v) is 8.91. The Morgan fingerprint density at radius 2 is 1.66 bits per heavy atom. The number of rotatable bonds is 6. The van der Waals surface area contributed by atoms with Gasteiger partial charge in [0.1, 0.15) is 0 Å². The minimum Gasteiger partial charge on any atom is -0.348 e.